The van der Waals surface area contributed by atoms with Crippen LogP contribution in [0.1, 0.15) is 10.5 Å². The fourth-order valence-corrected chi connectivity index (χ4v) is 2.54. The molecule has 0 spiro atoms. The maximum absolute atomic E-state index is 13.5. The number of thiazole rings is 1. The van der Waals surface area contributed by atoms with Gasteiger partial charge in [0.2, 0.25) is 0 Å². The van der Waals surface area contributed by atoms with Gasteiger partial charge in [-0.15, -0.1) is 11.3 Å². The third-order valence-corrected chi connectivity index (χ3v) is 3.66. The number of hydrogen-bond donors (Lipinski definition) is 1. The Labute approximate surface area is 124 Å². The van der Waals surface area contributed by atoms with Crippen molar-refractivity contribution in [3.05, 3.63) is 65.7 Å². The predicted molar refractivity (Wildman–Crippen MR) is 79.7 cm³/mol. The molecule has 3 aromatic rings. The highest BCUT2D eigenvalue weighted by Crippen LogP contribution is 2.23. The van der Waals surface area contributed by atoms with Crippen LogP contribution in [0.5, 0.6) is 0 Å². The molecule has 104 valence electrons. The molecule has 1 N–H and O–H groups in total. The summed E-state index contributed by atoms with van der Waals surface area (Å²) in [6.07, 6.45) is 3.35. The molecule has 0 radical (unpaired) electrons. The second-order valence-corrected chi connectivity index (χ2v) is 5.07. The van der Waals surface area contributed by atoms with Crippen LogP contribution in [-0.2, 0) is 0 Å². The third kappa shape index (κ3) is 2.95. The van der Waals surface area contributed by atoms with Crippen LogP contribution in [0.15, 0.2) is 54.2 Å². The van der Waals surface area contributed by atoms with Gasteiger partial charge in [0.05, 0.1) is 5.69 Å². The zero-order chi connectivity index (χ0) is 14.7. The summed E-state index contributed by atoms with van der Waals surface area (Å²) in [6, 6.07) is 9.68. The summed E-state index contributed by atoms with van der Waals surface area (Å²) in [6.45, 7) is 0. The number of amides is 1. The molecule has 1 aromatic carbocycles. The van der Waals surface area contributed by atoms with E-state index in [1.165, 1.54) is 23.5 Å². The summed E-state index contributed by atoms with van der Waals surface area (Å²) in [5, 5.41) is 4.84. The topological polar surface area (TPSA) is 54.9 Å². The van der Waals surface area contributed by atoms with Crippen molar-refractivity contribution < 1.29 is 9.18 Å². The summed E-state index contributed by atoms with van der Waals surface area (Å²) in [4.78, 5) is 20.3. The lowest BCUT2D eigenvalue weighted by molar-refractivity contribution is 0.102. The first-order valence-electron chi connectivity index (χ1n) is 6.16. The summed E-state index contributed by atoms with van der Waals surface area (Å²) >= 11 is 1.34. The van der Waals surface area contributed by atoms with Crippen molar-refractivity contribution in [3.8, 4) is 10.6 Å². The van der Waals surface area contributed by atoms with Crippen LogP contribution in [0.4, 0.5) is 10.1 Å². The molecular weight excluding hydrogens is 289 g/mol. The van der Waals surface area contributed by atoms with E-state index in [4.69, 9.17) is 0 Å². The molecule has 1 amide bonds. The number of benzene rings is 1. The van der Waals surface area contributed by atoms with E-state index in [1.54, 1.807) is 36.0 Å². The van der Waals surface area contributed by atoms with Crippen LogP contribution < -0.4 is 5.32 Å². The summed E-state index contributed by atoms with van der Waals surface area (Å²) < 4.78 is 13.5. The highest BCUT2D eigenvalue weighted by molar-refractivity contribution is 7.13. The Hall–Kier alpha value is -2.60. The lowest BCUT2D eigenvalue weighted by Gasteiger charge is -2.03. The summed E-state index contributed by atoms with van der Waals surface area (Å²) in [5.41, 5.74) is 1.23. The number of nitrogens with one attached hydrogen (secondary N) is 1. The van der Waals surface area contributed by atoms with Gasteiger partial charge in [0.25, 0.3) is 5.91 Å². The number of pyridine rings is 1. The Morgan fingerprint density at radius 2 is 2.05 bits per heavy atom. The number of hydrogen-bond acceptors (Lipinski definition) is 4. The maximum atomic E-state index is 13.5. The van der Waals surface area contributed by atoms with Crippen LogP contribution >= 0.6 is 11.3 Å². The Bertz CT molecular complexity index is 773. The van der Waals surface area contributed by atoms with Crippen molar-refractivity contribution >= 4 is 22.9 Å². The molecule has 4 nitrogen and oxygen atoms in total. The Morgan fingerprint density at radius 1 is 1.19 bits per heavy atom. The van der Waals surface area contributed by atoms with E-state index < -0.39 is 11.7 Å². The monoisotopic (exact) mass is 299 g/mol. The number of nitrogens with zero attached hydrogens (tertiary/aromatic N) is 2. The molecule has 0 aliphatic heterocycles. The normalized spacial score (nSPS) is 10.3. The molecule has 0 saturated carbocycles. The van der Waals surface area contributed by atoms with E-state index in [9.17, 15) is 9.18 Å². The van der Waals surface area contributed by atoms with Gasteiger partial charge in [0, 0.05) is 23.3 Å². The highest BCUT2D eigenvalue weighted by atomic mass is 32.1. The predicted octanol–water partition coefficient (Wildman–Crippen LogP) is 3.60. The SMILES string of the molecule is O=C(Nc1ccccc1F)c1csc(-c2cccnc2)n1. The first kappa shape index (κ1) is 13.4. The molecule has 0 atom stereocenters. The quantitative estimate of drug-likeness (QED) is 0.804. The van der Waals surface area contributed by atoms with Gasteiger partial charge in [-0.05, 0) is 24.3 Å². The number of aromatic nitrogens is 2. The molecule has 3 rings (SSSR count). The maximum Gasteiger partial charge on any atom is 0.275 e. The molecule has 6 heteroatoms. The molecular formula is C15H10FN3OS. The zero-order valence-corrected chi connectivity index (χ0v) is 11.6. The largest absolute Gasteiger partial charge is 0.318 e. The fraction of sp³-hybridized carbons (Fsp3) is 0. The van der Waals surface area contributed by atoms with Crippen molar-refractivity contribution in [2.24, 2.45) is 0 Å². The molecule has 21 heavy (non-hydrogen) atoms. The van der Waals surface area contributed by atoms with Crippen molar-refractivity contribution in [1.82, 2.24) is 9.97 Å². The van der Waals surface area contributed by atoms with Crippen LogP contribution in [0, 0.1) is 5.82 Å². The van der Waals surface area contributed by atoms with E-state index in [2.05, 4.69) is 15.3 Å². The van der Waals surface area contributed by atoms with Gasteiger partial charge < -0.3 is 5.32 Å². The van der Waals surface area contributed by atoms with Crippen molar-refractivity contribution in [3.63, 3.8) is 0 Å². The highest BCUT2D eigenvalue weighted by Gasteiger charge is 2.13. The molecule has 2 heterocycles. The minimum Gasteiger partial charge on any atom is -0.318 e. The van der Waals surface area contributed by atoms with Crippen LogP contribution in [0.3, 0.4) is 0 Å². The molecule has 2 aromatic heterocycles. The van der Waals surface area contributed by atoms with E-state index >= 15 is 0 Å². The van der Waals surface area contributed by atoms with Gasteiger partial charge in [-0.3, -0.25) is 9.78 Å². The molecule has 0 bridgehead atoms. The number of carbonyl (C=O) groups excluding carboxylic acids is 1. The minimum atomic E-state index is -0.478. The van der Waals surface area contributed by atoms with E-state index in [-0.39, 0.29) is 11.4 Å². The summed E-state index contributed by atoms with van der Waals surface area (Å²) in [7, 11) is 0. The molecule has 0 fully saturated rings. The van der Waals surface area contributed by atoms with Gasteiger partial charge in [0.15, 0.2) is 0 Å². The van der Waals surface area contributed by atoms with Crippen molar-refractivity contribution in [1.29, 1.82) is 0 Å². The average Bonchev–Trinajstić information content (AvgIpc) is 3.00. The summed E-state index contributed by atoms with van der Waals surface area (Å²) in [5.74, 6) is -0.917. The zero-order valence-electron chi connectivity index (χ0n) is 10.8. The first-order chi connectivity index (χ1) is 10.2. The standard InChI is InChI=1S/C15H10FN3OS/c16-11-5-1-2-6-12(11)18-14(20)13-9-21-15(19-13)10-4-3-7-17-8-10/h1-9H,(H,18,20). The number of rotatable bonds is 3. The van der Waals surface area contributed by atoms with E-state index in [0.29, 0.717) is 5.01 Å². The van der Waals surface area contributed by atoms with Gasteiger partial charge in [-0.1, -0.05) is 12.1 Å². The Kier molecular flexibility index (Phi) is 3.70. The van der Waals surface area contributed by atoms with Gasteiger partial charge >= 0.3 is 0 Å². The molecule has 0 saturated heterocycles. The average molecular weight is 299 g/mol. The molecule has 0 aliphatic rings. The number of anilines is 1. The Balaban J connectivity index is 1.80. The van der Waals surface area contributed by atoms with Crippen LogP contribution in [0.2, 0.25) is 0 Å². The molecule has 0 aliphatic carbocycles. The van der Waals surface area contributed by atoms with E-state index in [0.717, 1.165) is 5.56 Å². The lowest BCUT2D eigenvalue weighted by Crippen LogP contribution is -2.13. The minimum absolute atomic E-state index is 0.137. The van der Waals surface area contributed by atoms with E-state index in [1.807, 2.05) is 6.07 Å². The van der Waals surface area contributed by atoms with Crippen LogP contribution in [-0.4, -0.2) is 15.9 Å². The third-order valence-electron chi connectivity index (χ3n) is 2.77. The second-order valence-electron chi connectivity index (χ2n) is 4.21. The number of carbonyl (C=O) groups is 1. The van der Waals surface area contributed by atoms with Crippen molar-refractivity contribution in [2.45, 2.75) is 0 Å². The second kappa shape index (κ2) is 5.80. The van der Waals surface area contributed by atoms with Gasteiger partial charge in [0.1, 0.15) is 16.5 Å². The fourth-order valence-electron chi connectivity index (χ4n) is 1.75. The van der Waals surface area contributed by atoms with Crippen LogP contribution in [0.25, 0.3) is 10.6 Å². The van der Waals surface area contributed by atoms with Gasteiger partial charge in [-0.25, -0.2) is 9.37 Å². The molecule has 0 unspecified atom stereocenters. The first-order valence-corrected chi connectivity index (χ1v) is 7.04. The number of halogens is 1. The van der Waals surface area contributed by atoms with Crippen molar-refractivity contribution in [2.75, 3.05) is 5.32 Å². The lowest BCUT2D eigenvalue weighted by atomic mass is 10.3. The Morgan fingerprint density at radius 3 is 2.81 bits per heavy atom. The van der Waals surface area contributed by atoms with Gasteiger partial charge in [-0.2, -0.15) is 0 Å². The smallest absolute Gasteiger partial charge is 0.275 e. The number of para-hydroxylation sites is 1.